The van der Waals surface area contributed by atoms with Crippen LogP contribution >= 0.6 is 0 Å². The van der Waals surface area contributed by atoms with Crippen molar-refractivity contribution >= 4 is 5.91 Å². The van der Waals surface area contributed by atoms with E-state index in [1.807, 2.05) is 0 Å². The Morgan fingerprint density at radius 1 is 1.33 bits per heavy atom. The number of hydrogen-bond acceptors (Lipinski definition) is 3. The molecule has 1 aromatic rings. The number of rotatable bonds is 7. The van der Waals surface area contributed by atoms with E-state index < -0.39 is 6.55 Å². The molecule has 1 aromatic heterocycles. The highest BCUT2D eigenvalue weighted by Gasteiger charge is 2.26. The second-order valence-corrected chi connectivity index (χ2v) is 6.63. The van der Waals surface area contributed by atoms with E-state index in [4.69, 9.17) is 0 Å². The van der Waals surface area contributed by atoms with E-state index in [1.54, 1.807) is 13.8 Å². The fourth-order valence-corrected chi connectivity index (χ4v) is 3.66. The molecule has 1 aliphatic carbocycles. The lowest BCUT2D eigenvalue weighted by molar-refractivity contribution is -0.121. The van der Waals surface area contributed by atoms with Crippen molar-refractivity contribution in [3.05, 3.63) is 17.0 Å². The monoisotopic (exact) mass is 343 g/mol. The summed E-state index contributed by atoms with van der Waals surface area (Å²) in [6, 6.07) is -0.0476. The van der Waals surface area contributed by atoms with E-state index in [9.17, 15) is 18.7 Å². The first kappa shape index (κ1) is 18.8. The predicted molar refractivity (Wildman–Crippen MR) is 86.9 cm³/mol. The second-order valence-electron chi connectivity index (χ2n) is 6.63. The second kappa shape index (κ2) is 8.55. The van der Waals surface area contributed by atoms with Gasteiger partial charge in [-0.3, -0.25) is 4.79 Å². The Morgan fingerprint density at radius 3 is 2.54 bits per heavy atom. The van der Waals surface area contributed by atoms with Gasteiger partial charge in [0, 0.05) is 23.9 Å². The van der Waals surface area contributed by atoms with Crippen LogP contribution in [0.5, 0.6) is 0 Å². The Labute approximate surface area is 141 Å². The van der Waals surface area contributed by atoms with E-state index in [1.165, 1.54) is 6.42 Å². The van der Waals surface area contributed by atoms with Crippen molar-refractivity contribution in [2.24, 2.45) is 5.92 Å². The molecule has 2 N–H and O–H groups in total. The average Bonchev–Trinajstić information content (AvgIpc) is 2.83. The Bertz CT molecular complexity index is 554. The summed E-state index contributed by atoms with van der Waals surface area (Å²) in [6.07, 6.45) is 6.23. The normalized spacial score (nSPS) is 17.2. The predicted octanol–water partition coefficient (Wildman–Crippen LogP) is 2.89. The average molecular weight is 343 g/mol. The van der Waals surface area contributed by atoms with Crippen LogP contribution < -0.4 is 5.32 Å². The molecular formula is C17H27F2N3O2. The standard InChI is InChI=1S/C17H27F2N3O2/c1-11-14(12(2)22(21-11)17(18)19)10-16(24)20-15(8-9-23)13-6-4-3-5-7-13/h13,15,17,23H,3-10H2,1-2H3,(H,20,24). The fraction of sp³-hybridized carbons (Fsp3) is 0.765. The maximum Gasteiger partial charge on any atom is 0.333 e. The van der Waals surface area contributed by atoms with E-state index in [0.717, 1.165) is 25.7 Å². The van der Waals surface area contributed by atoms with Gasteiger partial charge in [-0.1, -0.05) is 19.3 Å². The van der Waals surface area contributed by atoms with Crippen molar-refractivity contribution in [1.82, 2.24) is 15.1 Å². The van der Waals surface area contributed by atoms with Crippen molar-refractivity contribution in [2.45, 2.75) is 71.4 Å². The van der Waals surface area contributed by atoms with Crippen LogP contribution in [-0.4, -0.2) is 33.4 Å². The first-order valence-electron chi connectivity index (χ1n) is 8.67. The van der Waals surface area contributed by atoms with Crippen LogP contribution in [-0.2, 0) is 11.2 Å². The Balaban J connectivity index is 2.03. The quantitative estimate of drug-likeness (QED) is 0.800. The Hall–Kier alpha value is -1.50. The number of aliphatic hydroxyl groups excluding tert-OH is 1. The highest BCUT2D eigenvalue weighted by atomic mass is 19.3. The number of aromatic nitrogens is 2. The van der Waals surface area contributed by atoms with Gasteiger partial charge in [-0.05, 0) is 39.0 Å². The molecule has 0 saturated heterocycles. The molecule has 1 saturated carbocycles. The zero-order valence-electron chi connectivity index (χ0n) is 14.4. The third-order valence-corrected chi connectivity index (χ3v) is 5.00. The number of carbonyl (C=O) groups is 1. The van der Waals surface area contributed by atoms with Crippen molar-refractivity contribution in [2.75, 3.05) is 6.61 Å². The lowest BCUT2D eigenvalue weighted by Gasteiger charge is -2.30. The molecule has 1 heterocycles. The number of halogens is 2. The molecular weight excluding hydrogens is 316 g/mol. The third-order valence-electron chi connectivity index (χ3n) is 5.00. The number of aryl methyl sites for hydroxylation is 1. The van der Waals surface area contributed by atoms with Crippen LogP contribution in [0, 0.1) is 19.8 Å². The number of amides is 1. The minimum Gasteiger partial charge on any atom is -0.396 e. The fourth-order valence-electron chi connectivity index (χ4n) is 3.66. The maximum absolute atomic E-state index is 12.9. The van der Waals surface area contributed by atoms with Gasteiger partial charge in [0.1, 0.15) is 0 Å². The van der Waals surface area contributed by atoms with Crippen LogP contribution in [0.4, 0.5) is 8.78 Å². The van der Waals surface area contributed by atoms with Crippen molar-refractivity contribution < 1.29 is 18.7 Å². The molecule has 24 heavy (non-hydrogen) atoms. The van der Waals surface area contributed by atoms with Gasteiger partial charge in [-0.25, -0.2) is 4.68 Å². The van der Waals surface area contributed by atoms with Crippen molar-refractivity contribution in [3.63, 3.8) is 0 Å². The lowest BCUT2D eigenvalue weighted by Crippen LogP contribution is -2.42. The molecule has 0 aromatic carbocycles. The van der Waals surface area contributed by atoms with Crippen LogP contribution in [0.1, 0.15) is 62.0 Å². The van der Waals surface area contributed by atoms with E-state index >= 15 is 0 Å². The van der Waals surface area contributed by atoms with Crippen LogP contribution in [0.15, 0.2) is 0 Å². The van der Waals surface area contributed by atoms with Gasteiger partial charge in [0.15, 0.2) is 0 Å². The molecule has 0 radical (unpaired) electrons. The topological polar surface area (TPSA) is 67.2 Å². The summed E-state index contributed by atoms with van der Waals surface area (Å²) in [5.74, 6) is 0.194. The van der Waals surface area contributed by atoms with Gasteiger partial charge < -0.3 is 10.4 Å². The molecule has 1 amide bonds. The summed E-state index contributed by atoms with van der Waals surface area (Å²) in [7, 11) is 0. The smallest absolute Gasteiger partial charge is 0.333 e. The number of nitrogens with zero attached hydrogens (tertiary/aromatic N) is 2. The van der Waals surface area contributed by atoms with E-state index in [-0.39, 0.29) is 25.0 Å². The van der Waals surface area contributed by atoms with Gasteiger partial charge in [0.2, 0.25) is 5.91 Å². The van der Waals surface area contributed by atoms with Gasteiger partial charge in [0.05, 0.1) is 12.1 Å². The van der Waals surface area contributed by atoms with Crippen LogP contribution in [0.25, 0.3) is 0 Å². The molecule has 1 atom stereocenters. The largest absolute Gasteiger partial charge is 0.396 e. The number of carbonyl (C=O) groups excluding carboxylic acids is 1. The molecule has 2 rings (SSSR count). The number of aliphatic hydroxyl groups is 1. The van der Waals surface area contributed by atoms with Gasteiger partial charge in [-0.15, -0.1) is 0 Å². The maximum atomic E-state index is 12.9. The minimum absolute atomic E-state index is 0.0306. The molecule has 0 bridgehead atoms. The zero-order chi connectivity index (χ0) is 17.7. The summed E-state index contributed by atoms with van der Waals surface area (Å²) in [5.41, 5.74) is 1.34. The number of alkyl halides is 2. The Morgan fingerprint density at radius 2 is 2.00 bits per heavy atom. The molecule has 1 fully saturated rings. The van der Waals surface area contributed by atoms with Crippen LogP contribution in [0.3, 0.4) is 0 Å². The third kappa shape index (κ3) is 4.53. The SMILES string of the molecule is Cc1nn(C(F)F)c(C)c1CC(=O)NC(CCO)C1CCCCC1. The molecule has 5 nitrogen and oxygen atoms in total. The molecule has 1 aliphatic rings. The van der Waals surface area contributed by atoms with Gasteiger partial charge in [-0.2, -0.15) is 13.9 Å². The van der Waals surface area contributed by atoms with Crippen molar-refractivity contribution in [3.8, 4) is 0 Å². The summed E-state index contributed by atoms with van der Waals surface area (Å²) in [4.78, 5) is 12.4. The summed E-state index contributed by atoms with van der Waals surface area (Å²) < 4.78 is 26.4. The highest BCUT2D eigenvalue weighted by Crippen LogP contribution is 2.28. The van der Waals surface area contributed by atoms with Crippen molar-refractivity contribution in [1.29, 1.82) is 0 Å². The summed E-state index contributed by atoms with van der Waals surface area (Å²) in [6.45, 7) is 0.523. The van der Waals surface area contributed by atoms with Gasteiger partial charge in [0.25, 0.3) is 0 Å². The van der Waals surface area contributed by atoms with Gasteiger partial charge >= 0.3 is 6.55 Å². The lowest BCUT2D eigenvalue weighted by atomic mass is 9.82. The molecule has 0 aliphatic heterocycles. The molecule has 0 spiro atoms. The molecule has 136 valence electrons. The number of nitrogens with one attached hydrogen (secondary N) is 1. The highest BCUT2D eigenvalue weighted by molar-refractivity contribution is 5.79. The Kier molecular flexibility index (Phi) is 6.71. The molecule has 1 unspecified atom stereocenters. The van der Waals surface area contributed by atoms with E-state index in [0.29, 0.717) is 34.0 Å². The van der Waals surface area contributed by atoms with Crippen LogP contribution in [0.2, 0.25) is 0 Å². The summed E-state index contributed by atoms with van der Waals surface area (Å²) in [5, 5.41) is 16.1. The zero-order valence-corrected chi connectivity index (χ0v) is 14.4. The molecule has 7 heteroatoms. The first-order chi connectivity index (χ1) is 11.4. The minimum atomic E-state index is -2.70. The number of hydrogen-bond donors (Lipinski definition) is 2. The summed E-state index contributed by atoms with van der Waals surface area (Å²) >= 11 is 0. The van der Waals surface area contributed by atoms with E-state index in [2.05, 4.69) is 10.4 Å². The first-order valence-corrected chi connectivity index (χ1v) is 8.67.